The summed E-state index contributed by atoms with van der Waals surface area (Å²) >= 11 is 0. The van der Waals surface area contributed by atoms with Crippen LogP contribution in [0.4, 0.5) is 4.39 Å². The van der Waals surface area contributed by atoms with Gasteiger partial charge in [0.1, 0.15) is 30.4 Å². The maximum atomic E-state index is 13.3. The van der Waals surface area contributed by atoms with Crippen LogP contribution in [0, 0.1) is 12.7 Å². The first-order chi connectivity index (χ1) is 18.2. The minimum atomic E-state index is -1.32. The van der Waals surface area contributed by atoms with Gasteiger partial charge >= 0.3 is 0 Å². The fourth-order valence-corrected chi connectivity index (χ4v) is 4.51. The molecule has 1 aromatic heterocycles. The van der Waals surface area contributed by atoms with Crippen LogP contribution < -0.4 is 14.2 Å². The van der Waals surface area contributed by atoms with Gasteiger partial charge in [0.2, 0.25) is 5.91 Å². The average Bonchev–Trinajstić information content (AvgIpc) is 3.22. The molecule has 3 aromatic rings. The molecule has 4 rings (SSSR count). The maximum absolute atomic E-state index is 13.3. The Morgan fingerprint density at radius 2 is 1.89 bits per heavy atom. The lowest BCUT2D eigenvalue weighted by Crippen LogP contribution is -2.51. The summed E-state index contributed by atoms with van der Waals surface area (Å²) in [6, 6.07) is 11.4. The van der Waals surface area contributed by atoms with Crippen LogP contribution in [0.15, 0.2) is 54.9 Å². The fraction of sp³-hybridized carbons (Fsp3) is 0.429. The molecule has 1 amide bonds. The van der Waals surface area contributed by atoms with Crippen molar-refractivity contribution in [3.8, 4) is 17.2 Å². The topological polar surface area (TPSA) is 89.3 Å². The summed E-state index contributed by atoms with van der Waals surface area (Å²) in [5, 5.41) is 15.8. The van der Waals surface area contributed by atoms with Crippen molar-refractivity contribution in [1.29, 1.82) is 0 Å². The summed E-state index contributed by atoms with van der Waals surface area (Å²) in [7, 11) is 1.60. The normalized spacial score (nSPS) is 18.2. The molecule has 38 heavy (non-hydrogen) atoms. The first-order valence-corrected chi connectivity index (χ1v) is 12.6. The number of aryl methyl sites for hydroxylation is 1. The Hall–Kier alpha value is -3.63. The Bertz CT molecular complexity index is 1220. The molecule has 1 unspecified atom stereocenters. The molecular formula is C28H35FN4O5. The molecule has 2 aromatic carbocycles. The monoisotopic (exact) mass is 526 g/mol. The number of aromatic nitrogens is 2. The maximum Gasteiger partial charge on any atom is 0.219 e. The van der Waals surface area contributed by atoms with E-state index in [-0.39, 0.29) is 24.9 Å². The molecule has 0 spiro atoms. The number of aliphatic hydroxyl groups is 1. The first kappa shape index (κ1) is 27.4. The van der Waals surface area contributed by atoms with Gasteiger partial charge in [0, 0.05) is 39.3 Å². The van der Waals surface area contributed by atoms with Crippen LogP contribution in [0.25, 0.3) is 0 Å². The van der Waals surface area contributed by atoms with Gasteiger partial charge < -0.3 is 24.2 Å². The summed E-state index contributed by atoms with van der Waals surface area (Å²) in [5.41, 5.74) is 0.756. The van der Waals surface area contributed by atoms with Gasteiger partial charge in [-0.15, -0.1) is 0 Å². The quantitative estimate of drug-likeness (QED) is 0.435. The molecule has 0 radical (unpaired) electrons. The van der Waals surface area contributed by atoms with E-state index in [1.54, 1.807) is 12.0 Å². The van der Waals surface area contributed by atoms with Gasteiger partial charge in [-0.1, -0.05) is 6.07 Å². The molecule has 1 N–H and O–H groups in total. The molecule has 1 aliphatic heterocycles. The third kappa shape index (κ3) is 7.45. The van der Waals surface area contributed by atoms with Crippen molar-refractivity contribution < 1.29 is 28.5 Å². The lowest BCUT2D eigenvalue weighted by atomic mass is 10.0. The van der Waals surface area contributed by atoms with Crippen molar-refractivity contribution in [1.82, 2.24) is 19.6 Å². The van der Waals surface area contributed by atoms with Crippen molar-refractivity contribution in [3.63, 3.8) is 0 Å². The number of rotatable bonds is 10. The SMILES string of the molecule is COc1ccc(CN2CCN(C(C)=O)CC(O)(COc3ccc(F)cc3)C2)cc1OCCn1cc(C)cn1. The third-order valence-corrected chi connectivity index (χ3v) is 6.43. The molecule has 204 valence electrons. The molecule has 0 bridgehead atoms. The first-order valence-electron chi connectivity index (χ1n) is 12.6. The number of nitrogens with zero attached hydrogens (tertiary/aromatic N) is 4. The Kier molecular flexibility index (Phi) is 8.85. The lowest BCUT2D eigenvalue weighted by molar-refractivity contribution is -0.132. The summed E-state index contributed by atoms with van der Waals surface area (Å²) in [5.74, 6) is 1.24. The second-order valence-electron chi connectivity index (χ2n) is 9.73. The van der Waals surface area contributed by atoms with Crippen LogP contribution in [-0.2, 0) is 17.9 Å². The highest BCUT2D eigenvalue weighted by Gasteiger charge is 2.37. The van der Waals surface area contributed by atoms with E-state index in [2.05, 4.69) is 10.00 Å². The zero-order chi connectivity index (χ0) is 27.1. The third-order valence-electron chi connectivity index (χ3n) is 6.43. The Labute approximate surface area is 222 Å². The molecule has 1 saturated heterocycles. The van der Waals surface area contributed by atoms with E-state index in [0.717, 1.165) is 11.1 Å². The van der Waals surface area contributed by atoms with E-state index in [0.29, 0.717) is 56.6 Å². The molecule has 1 atom stereocenters. The zero-order valence-electron chi connectivity index (χ0n) is 22.1. The predicted octanol–water partition coefficient (Wildman–Crippen LogP) is 2.89. The predicted molar refractivity (Wildman–Crippen MR) is 140 cm³/mol. The van der Waals surface area contributed by atoms with E-state index in [9.17, 15) is 14.3 Å². The van der Waals surface area contributed by atoms with Gasteiger partial charge in [0.25, 0.3) is 0 Å². The van der Waals surface area contributed by atoms with Crippen LogP contribution in [0.2, 0.25) is 0 Å². The van der Waals surface area contributed by atoms with Crippen molar-refractivity contribution in [2.45, 2.75) is 32.5 Å². The number of amides is 1. The molecular weight excluding hydrogens is 491 g/mol. The van der Waals surface area contributed by atoms with Crippen LogP contribution in [-0.4, -0.2) is 82.7 Å². The minimum Gasteiger partial charge on any atom is -0.493 e. The Balaban J connectivity index is 1.44. The van der Waals surface area contributed by atoms with E-state index >= 15 is 0 Å². The number of carbonyl (C=O) groups is 1. The van der Waals surface area contributed by atoms with Crippen molar-refractivity contribution >= 4 is 5.91 Å². The van der Waals surface area contributed by atoms with E-state index in [1.165, 1.54) is 31.2 Å². The van der Waals surface area contributed by atoms with Crippen LogP contribution in [0.5, 0.6) is 17.2 Å². The number of carbonyl (C=O) groups excluding carboxylic acids is 1. The standard InChI is InChI=1S/C28H35FN4O5/c1-21-15-30-33(16-21)12-13-37-27-14-23(4-9-26(27)36-3)17-31-10-11-32(22(2)34)19-28(35,18-31)20-38-25-7-5-24(29)6-8-25/h4-9,14-16,35H,10-13,17-20H2,1-3H3. The largest absolute Gasteiger partial charge is 0.493 e. The van der Waals surface area contributed by atoms with Crippen LogP contribution >= 0.6 is 0 Å². The number of hydrogen-bond acceptors (Lipinski definition) is 7. The van der Waals surface area contributed by atoms with Gasteiger partial charge in [-0.25, -0.2) is 4.39 Å². The molecule has 9 nitrogen and oxygen atoms in total. The average molecular weight is 527 g/mol. The van der Waals surface area contributed by atoms with Gasteiger partial charge in [-0.3, -0.25) is 14.4 Å². The lowest BCUT2D eigenvalue weighted by Gasteiger charge is -2.32. The minimum absolute atomic E-state index is 0.0389. The van der Waals surface area contributed by atoms with Crippen LogP contribution in [0.3, 0.4) is 0 Å². The number of β-amino-alcohol motifs (C(OH)–C–C–N with tert-alkyl or cyclic N) is 1. The Morgan fingerprint density at radius 1 is 1.11 bits per heavy atom. The van der Waals surface area contributed by atoms with Crippen molar-refractivity contribution in [3.05, 3.63) is 71.8 Å². The molecule has 1 fully saturated rings. The van der Waals surface area contributed by atoms with Crippen LogP contribution in [0.1, 0.15) is 18.1 Å². The van der Waals surface area contributed by atoms with Gasteiger partial charge in [0.05, 0.1) is 26.4 Å². The summed E-state index contributed by atoms with van der Waals surface area (Å²) < 4.78 is 32.4. The second-order valence-corrected chi connectivity index (χ2v) is 9.73. The highest BCUT2D eigenvalue weighted by atomic mass is 19.1. The van der Waals surface area contributed by atoms with E-state index in [1.807, 2.05) is 42.2 Å². The van der Waals surface area contributed by atoms with E-state index < -0.39 is 5.60 Å². The number of hydrogen-bond donors (Lipinski definition) is 1. The van der Waals surface area contributed by atoms with Crippen molar-refractivity contribution in [2.24, 2.45) is 0 Å². The van der Waals surface area contributed by atoms with Gasteiger partial charge in [-0.05, 0) is 54.4 Å². The molecule has 0 aliphatic carbocycles. The van der Waals surface area contributed by atoms with Gasteiger partial charge in [-0.2, -0.15) is 5.10 Å². The van der Waals surface area contributed by atoms with Crippen molar-refractivity contribution in [2.75, 3.05) is 46.5 Å². The molecule has 1 aliphatic rings. The zero-order valence-corrected chi connectivity index (χ0v) is 22.1. The number of methoxy groups -OCH3 is 1. The molecule has 2 heterocycles. The fourth-order valence-electron chi connectivity index (χ4n) is 4.51. The van der Waals surface area contributed by atoms with Gasteiger partial charge in [0.15, 0.2) is 11.5 Å². The highest BCUT2D eigenvalue weighted by molar-refractivity contribution is 5.73. The summed E-state index contributed by atoms with van der Waals surface area (Å²) in [6.45, 7) is 6.51. The highest BCUT2D eigenvalue weighted by Crippen LogP contribution is 2.29. The number of ether oxygens (including phenoxy) is 3. The summed E-state index contributed by atoms with van der Waals surface area (Å²) in [6.07, 6.45) is 3.77. The Morgan fingerprint density at radius 3 is 2.58 bits per heavy atom. The smallest absolute Gasteiger partial charge is 0.219 e. The molecule has 10 heteroatoms. The summed E-state index contributed by atoms with van der Waals surface area (Å²) in [4.78, 5) is 15.9. The van der Waals surface area contributed by atoms with E-state index in [4.69, 9.17) is 14.2 Å². The second kappa shape index (κ2) is 12.3. The number of benzene rings is 2. The molecule has 0 saturated carbocycles. The number of halogens is 1.